The monoisotopic (exact) mass is 553 g/mol. The van der Waals surface area contributed by atoms with Crippen LogP contribution in [0.5, 0.6) is 0 Å². The zero-order valence-corrected chi connectivity index (χ0v) is 21.8. The van der Waals surface area contributed by atoms with E-state index in [0.29, 0.717) is 33.5 Å². The maximum absolute atomic E-state index is 11.7. The first-order valence-electron chi connectivity index (χ1n) is 10.4. The summed E-state index contributed by atoms with van der Waals surface area (Å²) in [6, 6.07) is 11.5. The maximum atomic E-state index is 11.7. The van der Waals surface area contributed by atoms with Gasteiger partial charge in [0.15, 0.2) is 5.16 Å². The lowest BCUT2D eigenvalue weighted by atomic mass is 9.89. The topological polar surface area (TPSA) is 98.5 Å². The average Bonchev–Trinajstić information content (AvgIpc) is 3.43. The average molecular weight is 555 g/mol. The molecule has 2 aliphatic carbocycles. The molecule has 3 atom stereocenters. The fourth-order valence-corrected chi connectivity index (χ4v) is 6.28. The van der Waals surface area contributed by atoms with Crippen molar-refractivity contribution in [3.05, 3.63) is 62.8 Å². The molecule has 0 radical (unpaired) electrons. The van der Waals surface area contributed by atoms with Crippen LogP contribution in [0.1, 0.15) is 25.3 Å². The van der Waals surface area contributed by atoms with E-state index in [2.05, 4.69) is 16.2 Å². The van der Waals surface area contributed by atoms with Gasteiger partial charge in [0.1, 0.15) is 18.0 Å². The fourth-order valence-electron chi connectivity index (χ4n) is 4.01. The third-order valence-electron chi connectivity index (χ3n) is 6.20. The maximum Gasteiger partial charge on any atom is 0.190 e. The number of aliphatic hydroxyl groups is 1. The van der Waals surface area contributed by atoms with Gasteiger partial charge < -0.3 is 5.11 Å². The molecule has 2 aliphatic rings. The molecule has 1 heterocycles. The molecule has 0 aliphatic heterocycles. The van der Waals surface area contributed by atoms with Gasteiger partial charge in [0, 0.05) is 16.3 Å². The second kappa shape index (κ2) is 9.74. The standard InChI is InChI=1S/C23H19Cl4N5OS/c1-13-15(9-28)18(25)19(26)20(16(13)10-29)34-21-30-12-31-32(21)11-23(33,22(27)6-7-22)8-14-4-2-3-5-17(14)24/h2-5,12,18-19,33H,6-8,11H2,1H3. The molecule has 0 amide bonds. The molecule has 6 nitrogen and oxygen atoms in total. The highest BCUT2D eigenvalue weighted by Crippen LogP contribution is 2.53. The Morgan fingerprint density at radius 2 is 1.94 bits per heavy atom. The fraction of sp³-hybridized carbons (Fsp3) is 0.391. The van der Waals surface area contributed by atoms with E-state index in [4.69, 9.17) is 46.4 Å². The van der Waals surface area contributed by atoms with E-state index in [1.165, 1.54) is 6.33 Å². The highest BCUT2D eigenvalue weighted by atomic mass is 35.5. The predicted octanol–water partition coefficient (Wildman–Crippen LogP) is 5.61. The number of halogens is 4. The Bertz CT molecular complexity index is 1270. The first-order chi connectivity index (χ1) is 16.1. The Balaban J connectivity index is 1.67. The summed E-state index contributed by atoms with van der Waals surface area (Å²) in [6.07, 6.45) is 2.93. The molecule has 2 aromatic rings. The molecule has 0 saturated heterocycles. The van der Waals surface area contributed by atoms with E-state index >= 15 is 0 Å². The molecule has 34 heavy (non-hydrogen) atoms. The molecule has 3 unspecified atom stereocenters. The van der Waals surface area contributed by atoms with Crippen LogP contribution in [-0.2, 0) is 13.0 Å². The number of nitrogens with zero attached hydrogens (tertiary/aromatic N) is 5. The Hall–Kier alpha value is -1.71. The van der Waals surface area contributed by atoms with E-state index in [-0.39, 0.29) is 24.1 Å². The van der Waals surface area contributed by atoms with Crippen LogP contribution in [0.2, 0.25) is 5.02 Å². The summed E-state index contributed by atoms with van der Waals surface area (Å²) in [5.41, 5.74) is 0.487. The van der Waals surface area contributed by atoms with Gasteiger partial charge in [0.2, 0.25) is 0 Å². The molecule has 0 spiro atoms. The molecule has 1 aromatic heterocycles. The Morgan fingerprint density at radius 3 is 2.56 bits per heavy atom. The van der Waals surface area contributed by atoms with Crippen molar-refractivity contribution in [1.29, 1.82) is 10.5 Å². The summed E-state index contributed by atoms with van der Waals surface area (Å²) < 4.78 is 1.55. The summed E-state index contributed by atoms with van der Waals surface area (Å²) in [5, 5.41) is 34.6. The molecular formula is C23H19Cl4N5OS. The summed E-state index contributed by atoms with van der Waals surface area (Å²) in [4.78, 5) is 4.00. The summed E-state index contributed by atoms with van der Waals surface area (Å²) in [6.45, 7) is 1.74. The minimum absolute atomic E-state index is 0.0642. The highest BCUT2D eigenvalue weighted by molar-refractivity contribution is 8.03. The number of alkyl halides is 3. The van der Waals surface area contributed by atoms with Gasteiger partial charge in [0.25, 0.3) is 0 Å². The Kier molecular flexibility index (Phi) is 7.27. The van der Waals surface area contributed by atoms with Gasteiger partial charge >= 0.3 is 0 Å². The van der Waals surface area contributed by atoms with Crippen molar-refractivity contribution in [1.82, 2.24) is 14.8 Å². The van der Waals surface area contributed by atoms with E-state index in [9.17, 15) is 15.6 Å². The van der Waals surface area contributed by atoms with Crippen molar-refractivity contribution >= 4 is 58.2 Å². The molecule has 1 fully saturated rings. The smallest absolute Gasteiger partial charge is 0.190 e. The lowest BCUT2D eigenvalue weighted by Gasteiger charge is -2.34. The number of nitriles is 2. The molecular weight excluding hydrogens is 536 g/mol. The molecule has 11 heteroatoms. The van der Waals surface area contributed by atoms with Crippen LogP contribution < -0.4 is 0 Å². The van der Waals surface area contributed by atoms with Gasteiger partial charge in [-0.05, 0) is 37.0 Å². The number of hydrogen-bond acceptors (Lipinski definition) is 6. The SMILES string of the molecule is CC1=C(C#N)C(Cl)C(Cl)C(Sc2ncnn2CC(O)(Cc2ccccc2Cl)C2(Cl)CC2)=C1C#N. The minimum Gasteiger partial charge on any atom is -0.386 e. The summed E-state index contributed by atoms with van der Waals surface area (Å²) in [5.74, 6) is 0. The summed E-state index contributed by atoms with van der Waals surface area (Å²) >= 11 is 27.3. The van der Waals surface area contributed by atoms with E-state index in [1.807, 2.05) is 24.3 Å². The molecule has 1 N–H and O–H groups in total. The predicted molar refractivity (Wildman–Crippen MR) is 134 cm³/mol. The van der Waals surface area contributed by atoms with Gasteiger partial charge in [-0.15, -0.1) is 34.8 Å². The molecule has 1 saturated carbocycles. The first-order valence-corrected chi connectivity index (χ1v) is 12.8. The van der Waals surface area contributed by atoms with E-state index < -0.39 is 21.2 Å². The van der Waals surface area contributed by atoms with Crippen LogP contribution in [0.3, 0.4) is 0 Å². The normalized spacial score (nSPS) is 23.3. The highest BCUT2D eigenvalue weighted by Gasteiger charge is 2.58. The molecule has 4 rings (SSSR count). The van der Waals surface area contributed by atoms with Crippen molar-refractivity contribution < 1.29 is 5.11 Å². The lowest BCUT2D eigenvalue weighted by molar-refractivity contribution is 0.00526. The zero-order valence-electron chi connectivity index (χ0n) is 18.0. The van der Waals surface area contributed by atoms with Crippen LogP contribution in [-0.4, -0.2) is 41.1 Å². The van der Waals surface area contributed by atoms with Crippen LogP contribution >= 0.6 is 58.2 Å². The second-order valence-electron chi connectivity index (χ2n) is 8.37. The van der Waals surface area contributed by atoms with Crippen LogP contribution in [0, 0.1) is 22.7 Å². The lowest BCUT2D eigenvalue weighted by Crippen LogP contribution is -2.47. The van der Waals surface area contributed by atoms with E-state index in [0.717, 1.165) is 17.3 Å². The van der Waals surface area contributed by atoms with Crippen molar-refractivity contribution in [3.8, 4) is 12.1 Å². The number of benzene rings is 1. The number of allylic oxidation sites excluding steroid dienone is 4. The quantitative estimate of drug-likeness (QED) is 0.446. The Labute approximate surface area is 221 Å². The van der Waals surface area contributed by atoms with Crippen molar-refractivity contribution in [2.24, 2.45) is 0 Å². The number of aromatic nitrogens is 3. The van der Waals surface area contributed by atoms with Gasteiger partial charge in [-0.3, -0.25) is 0 Å². The largest absolute Gasteiger partial charge is 0.386 e. The molecule has 176 valence electrons. The zero-order chi connectivity index (χ0) is 24.7. The van der Waals surface area contributed by atoms with E-state index in [1.54, 1.807) is 17.7 Å². The van der Waals surface area contributed by atoms with Gasteiger partial charge in [-0.1, -0.05) is 41.6 Å². The number of rotatable bonds is 7. The summed E-state index contributed by atoms with van der Waals surface area (Å²) in [7, 11) is 0. The van der Waals surface area contributed by atoms with Crippen molar-refractivity contribution in [2.45, 2.75) is 59.1 Å². The van der Waals surface area contributed by atoms with Crippen molar-refractivity contribution in [2.75, 3.05) is 0 Å². The van der Waals surface area contributed by atoms with Gasteiger partial charge in [-0.2, -0.15) is 15.6 Å². The Morgan fingerprint density at radius 1 is 1.24 bits per heavy atom. The number of hydrogen-bond donors (Lipinski definition) is 1. The third-order valence-corrected chi connectivity index (χ3v) is 9.67. The molecule has 0 bridgehead atoms. The van der Waals surface area contributed by atoms with Crippen LogP contribution in [0.25, 0.3) is 0 Å². The van der Waals surface area contributed by atoms with Crippen LogP contribution in [0.15, 0.2) is 57.4 Å². The third kappa shape index (κ3) is 4.58. The van der Waals surface area contributed by atoms with Gasteiger partial charge in [-0.25, -0.2) is 9.67 Å². The molecule has 1 aromatic carbocycles. The first kappa shape index (κ1) is 25.4. The van der Waals surface area contributed by atoms with Crippen molar-refractivity contribution in [3.63, 3.8) is 0 Å². The second-order valence-corrected chi connectivity index (χ2v) is 11.5. The number of thioether (sulfide) groups is 1. The van der Waals surface area contributed by atoms with Crippen LogP contribution in [0.4, 0.5) is 0 Å². The van der Waals surface area contributed by atoms with Gasteiger partial charge in [0.05, 0.1) is 39.4 Å². The minimum atomic E-state index is -1.35.